The van der Waals surface area contributed by atoms with Crippen LogP contribution in [0.3, 0.4) is 0 Å². The first-order chi connectivity index (χ1) is 7.69. The molecule has 2 spiro atoms. The van der Waals surface area contributed by atoms with Crippen LogP contribution in [0.2, 0.25) is 0 Å². The first-order valence-electron chi connectivity index (χ1n) is 7.24. The first-order valence-corrected chi connectivity index (χ1v) is 7.24. The average Bonchev–Trinajstić information content (AvgIpc) is 3.14. The van der Waals surface area contributed by atoms with Crippen LogP contribution in [-0.4, -0.2) is 5.78 Å². The van der Waals surface area contributed by atoms with Gasteiger partial charge in [-0.15, -0.1) is 0 Å². The third kappa shape index (κ3) is 0.855. The standard InChI is InChI=1S/C15H24O/c1-3-13(4-2)12(16)14(10-11-14)15(13)8-6-5-7-9-15/h3-11H2,1-2H3. The summed E-state index contributed by atoms with van der Waals surface area (Å²) >= 11 is 0. The van der Waals surface area contributed by atoms with E-state index < -0.39 is 0 Å². The van der Waals surface area contributed by atoms with Crippen molar-refractivity contribution in [3.05, 3.63) is 0 Å². The van der Waals surface area contributed by atoms with Gasteiger partial charge in [0.25, 0.3) is 0 Å². The molecule has 0 aromatic carbocycles. The van der Waals surface area contributed by atoms with E-state index in [4.69, 9.17) is 0 Å². The molecule has 1 nitrogen and oxygen atoms in total. The van der Waals surface area contributed by atoms with Crippen molar-refractivity contribution in [3.8, 4) is 0 Å². The summed E-state index contributed by atoms with van der Waals surface area (Å²) in [6.07, 6.45) is 11.4. The summed E-state index contributed by atoms with van der Waals surface area (Å²) in [7, 11) is 0. The molecule has 0 radical (unpaired) electrons. The molecule has 0 amide bonds. The van der Waals surface area contributed by atoms with Crippen LogP contribution in [0, 0.1) is 16.2 Å². The van der Waals surface area contributed by atoms with Gasteiger partial charge in [-0.05, 0) is 43.9 Å². The fourth-order valence-corrected chi connectivity index (χ4v) is 5.48. The van der Waals surface area contributed by atoms with E-state index >= 15 is 0 Å². The zero-order chi connectivity index (χ0) is 11.4. The Balaban J connectivity index is 2.02. The van der Waals surface area contributed by atoms with Crippen LogP contribution in [0.25, 0.3) is 0 Å². The van der Waals surface area contributed by atoms with Gasteiger partial charge >= 0.3 is 0 Å². The Kier molecular flexibility index (Phi) is 2.10. The van der Waals surface area contributed by atoms with Crippen LogP contribution >= 0.6 is 0 Å². The molecule has 16 heavy (non-hydrogen) atoms. The normalized spacial score (nSPS) is 32.8. The Morgan fingerprint density at radius 3 is 1.94 bits per heavy atom. The van der Waals surface area contributed by atoms with Crippen molar-refractivity contribution in [3.63, 3.8) is 0 Å². The summed E-state index contributed by atoms with van der Waals surface area (Å²) in [4.78, 5) is 12.6. The van der Waals surface area contributed by atoms with E-state index in [9.17, 15) is 4.79 Å². The second-order valence-electron chi connectivity index (χ2n) is 6.34. The highest BCUT2D eigenvalue weighted by Crippen LogP contribution is 2.82. The zero-order valence-corrected chi connectivity index (χ0v) is 10.8. The molecular formula is C15H24O. The van der Waals surface area contributed by atoms with E-state index in [1.807, 2.05) is 0 Å². The maximum atomic E-state index is 12.6. The minimum absolute atomic E-state index is 0.0872. The highest BCUT2D eigenvalue weighted by molar-refractivity contribution is 6.01. The van der Waals surface area contributed by atoms with Gasteiger partial charge in [-0.1, -0.05) is 33.1 Å². The molecule has 0 aliphatic heterocycles. The predicted molar refractivity (Wildman–Crippen MR) is 65.2 cm³/mol. The van der Waals surface area contributed by atoms with Crippen LogP contribution < -0.4 is 0 Å². The minimum atomic E-state index is 0.0872. The van der Waals surface area contributed by atoms with Crippen molar-refractivity contribution in [2.75, 3.05) is 0 Å². The summed E-state index contributed by atoms with van der Waals surface area (Å²) in [5.74, 6) is 0.659. The summed E-state index contributed by atoms with van der Waals surface area (Å²) < 4.78 is 0. The van der Waals surface area contributed by atoms with Crippen LogP contribution in [0.4, 0.5) is 0 Å². The summed E-state index contributed by atoms with van der Waals surface area (Å²) in [6.45, 7) is 4.49. The largest absolute Gasteiger partial charge is 0.298 e. The van der Waals surface area contributed by atoms with Crippen LogP contribution in [0.5, 0.6) is 0 Å². The van der Waals surface area contributed by atoms with E-state index in [2.05, 4.69) is 13.8 Å². The predicted octanol–water partition coefficient (Wildman–Crippen LogP) is 4.11. The van der Waals surface area contributed by atoms with E-state index in [0.29, 0.717) is 11.2 Å². The van der Waals surface area contributed by atoms with E-state index in [-0.39, 0.29) is 10.8 Å². The number of hydrogen-bond acceptors (Lipinski definition) is 1. The summed E-state index contributed by atoms with van der Waals surface area (Å²) in [5, 5.41) is 0. The lowest BCUT2D eigenvalue weighted by atomic mass is 9.35. The smallest absolute Gasteiger partial charge is 0.146 e. The second-order valence-corrected chi connectivity index (χ2v) is 6.34. The molecule has 0 saturated heterocycles. The number of hydrogen-bond donors (Lipinski definition) is 0. The molecule has 3 aliphatic carbocycles. The lowest BCUT2D eigenvalue weighted by Crippen LogP contribution is -2.68. The Morgan fingerprint density at radius 1 is 0.938 bits per heavy atom. The highest BCUT2D eigenvalue weighted by Gasteiger charge is 2.81. The van der Waals surface area contributed by atoms with Gasteiger partial charge in [-0.2, -0.15) is 0 Å². The molecule has 0 atom stereocenters. The maximum absolute atomic E-state index is 12.6. The van der Waals surface area contributed by atoms with Crippen molar-refractivity contribution in [1.82, 2.24) is 0 Å². The SMILES string of the molecule is CCC1(CC)C(=O)C2(CC2)C12CCCCC2. The van der Waals surface area contributed by atoms with Crippen molar-refractivity contribution < 1.29 is 4.79 Å². The van der Waals surface area contributed by atoms with Gasteiger partial charge < -0.3 is 0 Å². The molecule has 0 aromatic heterocycles. The average molecular weight is 220 g/mol. The van der Waals surface area contributed by atoms with E-state index in [0.717, 1.165) is 12.8 Å². The third-order valence-corrected chi connectivity index (χ3v) is 6.37. The van der Waals surface area contributed by atoms with Crippen molar-refractivity contribution in [2.24, 2.45) is 16.2 Å². The van der Waals surface area contributed by atoms with Gasteiger partial charge in [-0.3, -0.25) is 4.79 Å². The van der Waals surface area contributed by atoms with Gasteiger partial charge in [-0.25, -0.2) is 0 Å². The lowest BCUT2D eigenvalue weighted by molar-refractivity contribution is -0.196. The van der Waals surface area contributed by atoms with Crippen molar-refractivity contribution >= 4 is 5.78 Å². The molecule has 3 aliphatic rings. The van der Waals surface area contributed by atoms with Gasteiger partial charge in [0.1, 0.15) is 5.78 Å². The minimum Gasteiger partial charge on any atom is -0.298 e. The number of Topliss-reactive ketones (excluding diaryl/α,β-unsaturated/α-hetero) is 1. The molecular weight excluding hydrogens is 196 g/mol. The second kappa shape index (κ2) is 3.11. The van der Waals surface area contributed by atoms with Crippen molar-refractivity contribution in [2.45, 2.75) is 71.6 Å². The molecule has 0 N–H and O–H groups in total. The topological polar surface area (TPSA) is 17.1 Å². The monoisotopic (exact) mass is 220 g/mol. The fraction of sp³-hybridized carbons (Fsp3) is 0.933. The number of rotatable bonds is 2. The molecule has 90 valence electrons. The molecule has 0 heterocycles. The number of ketones is 1. The summed E-state index contributed by atoms with van der Waals surface area (Å²) in [5.41, 5.74) is 0.724. The van der Waals surface area contributed by atoms with E-state index in [1.165, 1.54) is 44.9 Å². The van der Waals surface area contributed by atoms with E-state index in [1.54, 1.807) is 0 Å². The Hall–Kier alpha value is -0.330. The fourth-order valence-electron chi connectivity index (χ4n) is 5.48. The zero-order valence-electron chi connectivity index (χ0n) is 10.8. The molecule has 3 saturated carbocycles. The molecule has 0 aromatic rings. The number of carbonyl (C=O) groups is 1. The quantitative estimate of drug-likeness (QED) is 0.684. The maximum Gasteiger partial charge on any atom is 0.146 e. The van der Waals surface area contributed by atoms with Gasteiger partial charge in [0.2, 0.25) is 0 Å². The third-order valence-electron chi connectivity index (χ3n) is 6.37. The van der Waals surface area contributed by atoms with Crippen LogP contribution in [-0.2, 0) is 4.79 Å². The lowest BCUT2D eigenvalue weighted by Gasteiger charge is -2.66. The van der Waals surface area contributed by atoms with Gasteiger partial charge in [0.15, 0.2) is 0 Å². The van der Waals surface area contributed by atoms with Crippen LogP contribution in [0.15, 0.2) is 0 Å². The van der Waals surface area contributed by atoms with Gasteiger partial charge in [0.05, 0.1) is 0 Å². The molecule has 1 heteroatoms. The first kappa shape index (κ1) is 10.8. The highest BCUT2D eigenvalue weighted by atomic mass is 16.1. The molecule has 0 unspecified atom stereocenters. The van der Waals surface area contributed by atoms with Crippen molar-refractivity contribution in [1.29, 1.82) is 0 Å². The number of carbonyl (C=O) groups excluding carboxylic acids is 1. The molecule has 3 rings (SSSR count). The molecule has 0 bridgehead atoms. The number of fused-ring (bicyclic) bond motifs is 1. The van der Waals surface area contributed by atoms with Gasteiger partial charge in [0, 0.05) is 10.8 Å². The molecule has 3 fully saturated rings. The Bertz CT molecular complexity index is 314. The Labute approximate surface area is 99.0 Å². The Morgan fingerprint density at radius 2 is 1.50 bits per heavy atom. The van der Waals surface area contributed by atoms with Crippen LogP contribution in [0.1, 0.15) is 71.6 Å². The summed E-state index contributed by atoms with van der Waals surface area (Å²) in [6, 6.07) is 0.